The zero-order valence-electron chi connectivity index (χ0n) is 12.7. The molecule has 23 heavy (non-hydrogen) atoms. The predicted octanol–water partition coefficient (Wildman–Crippen LogP) is 2.34. The Morgan fingerprint density at radius 2 is 2.17 bits per heavy atom. The van der Waals surface area contributed by atoms with E-state index in [9.17, 15) is 9.90 Å². The van der Waals surface area contributed by atoms with Crippen molar-refractivity contribution in [1.29, 1.82) is 0 Å². The number of amides is 1. The van der Waals surface area contributed by atoms with Crippen molar-refractivity contribution in [3.05, 3.63) is 35.5 Å². The van der Waals surface area contributed by atoms with Gasteiger partial charge in [-0.2, -0.15) is 0 Å². The molecule has 3 fully saturated rings. The van der Waals surface area contributed by atoms with Gasteiger partial charge >= 0.3 is 0 Å². The second-order valence-corrected chi connectivity index (χ2v) is 7.33. The Labute approximate surface area is 139 Å². The first kappa shape index (κ1) is 14.7. The Balaban J connectivity index is 1.47. The SMILES string of the molecule is O=C(NC1CN2CCC1CC2)c1ncc(-c2cccc(O)c2)s1. The molecule has 0 radical (unpaired) electrons. The molecule has 0 aliphatic carbocycles. The molecule has 6 heteroatoms. The second-order valence-electron chi connectivity index (χ2n) is 6.30. The fourth-order valence-electron chi connectivity index (χ4n) is 3.53. The number of thiazole rings is 1. The molecule has 2 N–H and O–H groups in total. The van der Waals surface area contributed by atoms with Crippen molar-refractivity contribution in [2.45, 2.75) is 18.9 Å². The Hall–Kier alpha value is -1.92. The summed E-state index contributed by atoms with van der Waals surface area (Å²) in [4.78, 5) is 20.0. The maximum atomic E-state index is 12.5. The Morgan fingerprint density at radius 1 is 1.35 bits per heavy atom. The zero-order chi connectivity index (χ0) is 15.8. The first-order valence-electron chi connectivity index (χ1n) is 7.97. The fourth-order valence-corrected chi connectivity index (χ4v) is 4.35. The van der Waals surface area contributed by atoms with Crippen LogP contribution in [0, 0.1) is 5.92 Å². The number of benzene rings is 1. The van der Waals surface area contributed by atoms with Crippen LogP contribution in [0.15, 0.2) is 30.5 Å². The Bertz CT molecular complexity index is 722. The monoisotopic (exact) mass is 329 g/mol. The van der Waals surface area contributed by atoms with Gasteiger partial charge in [0.25, 0.3) is 5.91 Å². The third kappa shape index (κ3) is 2.96. The highest BCUT2D eigenvalue weighted by Gasteiger charge is 2.35. The van der Waals surface area contributed by atoms with Crippen molar-refractivity contribution in [2.24, 2.45) is 5.92 Å². The quantitative estimate of drug-likeness (QED) is 0.907. The number of phenols is 1. The summed E-state index contributed by atoms with van der Waals surface area (Å²) in [6.45, 7) is 3.28. The molecule has 5 rings (SSSR count). The molecule has 120 valence electrons. The average Bonchev–Trinajstić information content (AvgIpc) is 3.06. The van der Waals surface area contributed by atoms with Crippen LogP contribution >= 0.6 is 11.3 Å². The van der Waals surface area contributed by atoms with Gasteiger partial charge in [-0.05, 0) is 49.5 Å². The number of fused-ring (bicyclic) bond motifs is 3. The summed E-state index contributed by atoms with van der Waals surface area (Å²) in [6, 6.07) is 7.26. The van der Waals surface area contributed by atoms with E-state index in [-0.39, 0.29) is 17.7 Å². The number of aromatic nitrogens is 1. The molecule has 2 bridgehead atoms. The molecule has 1 aromatic heterocycles. The summed E-state index contributed by atoms with van der Waals surface area (Å²) < 4.78 is 0. The van der Waals surface area contributed by atoms with E-state index < -0.39 is 0 Å². The summed E-state index contributed by atoms with van der Waals surface area (Å²) >= 11 is 1.36. The lowest BCUT2D eigenvalue weighted by Gasteiger charge is -2.44. The van der Waals surface area contributed by atoms with E-state index in [1.165, 1.54) is 24.2 Å². The van der Waals surface area contributed by atoms with Gasteiger partial charge in [-0.15, -0.1) is 11.3 Å². The van der Waals surface area contributed by atoms with E-state index >= 15 is 0 Å². The molecule has 3 aliphatic rings. The molecule has 1 atom stereocenters. The third-order valence-electron chi connectivity index (χ3n) is 4.80. The van der Waals surface area contributed by atoms with Gasteiger partial charge < -0.3 is 15.3 Å². The fraction of sp³-hybridized carbons (Fsp3) is 0.412. The van der Waals surface area contributed by atoms with E-state index in [0.29, 0.717) is 10.9 Å². The minimum Gasteiger partial charge on any atom is -0.508 e. The molecule has 3 aliphatic heterocycles. The second kappa shape index (κ2) is 5.94. The molecule has 4 heterocycles. The Kier molecular flexibility index (Phi) is 3.79. The van der Waals surface area contributed by atoms with Gasteiger partial charge in [0.15, 0.2) is 5.01 Å². The summed E-state index contributed by atoms with van der Waals surface area (Å²) in [5.41, 5.74) is 0.879. The van der Waals surface area contributed by atoms with Crippen LogP contribution in [0.4, 0.5) is 0 Å². The molecule has 0 spiro atoms. The number of hydrogen-bond donors (Lipinski definition) is 2. The largest absolute Gasteiger partial charge is 0.508 e. The van der Waals surface area contributed by atoms with Crippen molar-refractivity contribution in [3.8, 4) is 16.2 Å². The lowest BCUT2D eigenvalue weighted by Crippen LogP contribution is -2.57. The maximum Gasteiger partial charge on any atom is 0.280 e. The molecule has 0 saturated carbocycles. The van der Waals surface area contributed by atoms with Crippen LogP contribution in [0.5, 0.6) is 5.75 Å². The standard InChI is InChI=1S/C17H19N3O2S/c21-13-3-1-2-12(8-13)15-9-18-17(23-15)16(22)19-14-10-20-6-4-11(14)5-7-20/h1-3,8-9,11,14,21H,4-7,10H2,(H,19,22). The van der Waals surface area contributed by atoms with E-state index in [1.807, 2.05) is 6.07 Å². The van der Waals surface area contributed by atoms with Crippen molar-refractivity contribution in [1.82, 2.24) is 15.2 Å². The van der Waals surface area contributed by atoms with Gasteiger partial charge in [-0.3, -0.25) is 4.79 Å². The average molecular weight is 329 g/mol. The first-order chi connectivity index (χ1) is 11.2. The lowest BCUT2D eigenvalue weighted by atomic mass is 9.84. The summed E-state index contributed by atoms with van der Waals surface area (Å²) in [6.07, 6.45) is 4.06. The van der Waals surface area contributed by atoms with E-state index in [4.69, 9.17) is 0 Å². The summed E-state index contributed by atoms with van der Waals surface area (Å²) in [7, 11) is 0. The van der Waals surface area contributed by atoms with Gasteiger partial charge in [-0.1, -0.05) is 12.1 Å². The molecule has 1 amide bonds. The number of piperidine rings is 3. The number of hydrogen-bond acceptors (Lipinski definition) is 5. The molecule has 3 saturated heterocycles. The molecule has 1 unspecified atom stereocenters. The van der Waals surface area contributed by atoms with E-state index in [2.05, 4.69) is 15.2 Å². The smallest absolute Gasteiger partial charge is 0.280 e. The molecular formula is C17H19N3O2S. The van der Waals surface area contributed by atoms with Crippen LogP contribution in [0.3, 0.4) is 0 Å². The third-order valence-corrected chi connectivity index (χ3v) is 5.85. The number of rotatable bonds is 3. The molecule has 5 nitrogen and oxygen atoms in total. The van der Waals surface area contributed by atoms with Crippen molar-refractivity contribution >= 4 is 17.2 Å². The van der Waals surface area contributed by atoms with Crippen LogP contribution in [-0.2, 0) is 0 Å². The van der Waals surface area contributed by atoms with Crippen LogP contribution in [0.1, 0.15) is 22.6 Å². The predicted molar refractivity (Wildman–Crippen MR) is 89.6 cm³/mol. The highest BCUT2D eigenvalue weighted by Crippen LogP contribution is 2.30. The topological polar surface area (TPSA) is 65.5 Å². The van der Waals surface area contributed by atoms with Gasteiger partial charge in [0.05, 0.1) is 4.88 Å². The van der Waals surface area contributed by atoms with E-state index in [0.717, 1.165) is 30.1 Å². The highest BCUT2D eigenvalue weighted by atomic mass is 32.1. The number of nitrogens with zero attached hydrogens (tertiary/aromatic N) is 2. The highest BCUT2D eigenvalue weighted by molar-refractivity contribution is 7.17. The van der Waals surface area contributed by atoms with Gasteiger partial charge in [0.2, 0.25) is 0 Å². The first-order valence-corrected chi connectivity index (χ1v) is 8.79. The van der Waals surface area contributed by atoms with Crippen molar-refractivity contribution < 1.29 is 9.90 Å². The minimum absolute atomic E-state index is 0.0832. The molecular weight excluding hydrogens is 310 g/mol. The van der Waals surface area contributed by atoms with Gasteiger partial charge in [0, 0.05) is 18.8 Å². The summed E-state index contributed by atoms with van der Waals surface area (Å²) in [5.74, 6) is 0.740. The van der Waals surface area contributed by atoms with Crippen LogP contribution in [0.2, 0.25) is 0 Å². The van der Waals surface area contributed by atoms with Gasteiger partial charge in [-0.25, -0.2) is 4.98 Å². The van der Waals surface area contributed by atoms with Crippen LogP contribution in [-0.4, -0.2) is 46.6 Å². The Morgan fingerprint density at radius 3 is 2.87 bits per heavy atom. The van der Waals surface area contributed by atoms with Crippen LogP contribution < -0.4 is 5.32 Å². The molecule has 1 aromatic carbocycles. The van der Waals surface area contributed by atoms with E-state index in [1.54, 1.807) is 24.4 Å². The lowest BCUT2D eigenvalue weighted by molar-refractivity contribution is 0.0620. The number of carbonyl (C=O) groups excluding carboxylic acids is 1. The molecule has 2 aromatic rings. The van der Waals surface area contributed by atoms with Gasteiger partial charge in [0.1, 0.15) is 5.75 Å². The van der Waals surface area contributed by atoms with Crippen molar-refractivity contribution in [3.63, 3.8) is 0 Å². The normalized spacial score (nSPS) is 26.2. The maximum absolute atomic E-state index is 12.5. The van der Waals surface area contributed by atoms with Crippen molar-refractivity contribution in [2.75, 3.05) is 19.6 Å². The number of nitrogens with one attached hydrogen (secondary N) is 1. The number of aromatic hydroxyl groups is 1. The zero-order valence-corrected chi connectivity index (χ0v) is 13.6. The van der Waals surface area contributed by atoms with Crippen LogP contribution in [0.25, 0.3) is 10.4 Å². The number of phenolic OH excluding ortho intramolecular Hbond substituents is 1. The number of carbonyl (C=O) groups is 1. The summed E-state index contributed by atoms with van der Waals surface area (Å²) in [5, 5.41) is 13.2. The minimum atomic E-state index is -0.0832.